The second-order valence-corrected chi connectivity index (χ2v) is 6.14. The van der Waals surface area contributed by atoms with Gasteiger partial charge in [-0.2, -0.15) is 0 Å². The van der Waals surface area contributed by atoms with Crippen LogP contribution in [0.2, 0.25) is 0 Å². The molecule has 0 amide bonds. The van der Waals surface area contributed by atoms with E-state index in [1.807, 2.05) is 18.4 Å². The summed E-state index contributed by atoms with van der Waals surface area (Å²) >= 11 is 1.55. The molecule has 2 atom stereocenters. The van der Waals surface area contributed by atoms with Crippen molar-refractivity contribution in [3.63, 3.8) is 0 Å². The van der Waals surface area contributed by atoms with Crippen LogP contribution in [0.25, 0.3) is 0 Å². The van der Waals surface area contributed by atoms with Gasteiger partial charge in [0.05, 0.1) is 0 Å². The van der Waals surface area contributed by atoms with Gasteiger partial charge in [-0.25, -0.2) is 0 Å². The quantitative estimate of drug-likeness (QED) is 0.919. The Morgan fingerprint density at radius 3 is 2.79 bits per heavy atom. The number of carbonyl (C=O) groups is 1. The lowest BCUT2D eigenvalue weighted by molar-refractivity contribution is -0.145. The zero-order chi connectivity index (χ0) is 14.0. The molecule has 0 aliphatic carbocycles. The van der Waals surface area contributed by atoms with E-state index in [9.17, 15) is 9.90 Å². The SMILES string of the molecule is CCN1CCN(C(C(=O)O)c2sccc2C)C(C)C1. The van der Waals surface area contributed by atoms with E-state index in [0.29, 0.717) is 0 Å². The summed E-state index contributed by atoms with van der Waals surface area (Å²) in [6, 6.07) is 1.79. The predicted octanol–water partition coefficient (Wildman–Crippen LogP) is 2.21. The maximum absolute atomic E-state index is 11.7. The zero-order valence-corrected chi connectivity index (χ0v) is 12.6. The first kappa shape index (κ1) is 14.5. The summed E-state index contributed by atoms with van der Waals surface area (Å²) in [6.07, 6.45) is 0. The van der Waals surface area contributed by atoms with Gasteiger partial charge in [-0.15, -0.1) is 11.3 Å². The number of piperazine rings is 1. The normalized spacial score (nSPS) is 23.4. The summed E-state index contributed by atoms with van der Waals surface area (Å²) in [4.78, 5) is 17.2. The molecule has 0 bridgehead atoms. The first-order valence-corrected chi connectivity index (χ1v) is 7.67. The molecule has 2 unspecified atom stereocenters. The number of thiophene rings is 1. The van der Waals surface area contributed by atoms with E-state index in [1.54, 1.807) is 11.3 Å². The van der Waals surface area contributed by atoms with Crippen LogP contribution in [-0.4, -0.2) is 53.1 Å². The van der Waals surface area contributed by atoms with Crippen molar-refractivity contribution < 1.29 is 9.90 Å². The van der Waals surface area contributed by atoms with Crippen LogP contribution in [0.4, 0.5) is 0 Å². The smallest absolute Gasteiger partial charge is 0.326 e. The largest absolute Gasteiger partial charge is 0.480 e. The molecule has 0 aromatic carbocycles. The lowest BCUT2D eigenvalue weighted by Crippen LogP contribution is -2.54. The summed E-state index contributed by atoms with van der Waals surface area (Å²) in [5.74, 6) is -0.734. The van der Waals surface area contributed by atoms with E-state index < -0.39 is 12.0 Å². The predicted molar refractivity (Wildman–Crippen MR) is 77.7 cm³/mol. The van der Waals surface area contributed by atoms with Crippen molar-refractivity contribution in [3.05, 3.63) is 21.9 Å². The molecule has 0 spiro atoms. The molecule has 19 heavy (non-hydrogen) atoms. The summed E-state index contributed by atoms with van der Waals surface area (Å²) in [5, 5.41) is 11.6. The molecule has 1 aliphatic heterocycles. The number of carboxylic acids is 1. The number of aryl methyl sites for hydroxylation is 1. The van der Waals surface area contributed by atoms with Crippen molar-refractivity contribution in [2.24, 2.45) is 0 Å². The monoisotopic (exact) mass is 282 g/mol. The Morgan fingerprint density at radius 2 is 2.32 bits per heavy atom. The zero-order valence-electron chi connectivity index (χ0n) is 11.8. The topological polar surface area (TPSA) is 43.8 Å². The second kappa shape index (κ2) is 6.03. The molecule has 1 fully saturated rings. The minimum atomic E-state index is -0.734. The van der Waals surface area contributed by atoms with E-state index in [4.69, 9.17) is 0 Å². The van der Waals surface area contributed by atoms with E-state index in [-0.39, 0.29) is 6.04 Å². The minimum absolute atomic E-state index is 0.274. The average molecular weight is 282 g/mol. The highest BCUT2D eigenvalue weighted by molar-refractivity contribution is 7.10. The fourth-order valence-electron chi connectivity index (χ4n) is 2.79. The van der Waals surface area contributed by atoms with Crippen LogP contribution in [0, 0.1) is 6.92 Å². The van der Waals surface area contributed by atoms with Crippen LogP contribution in [0.15, 0.2) is 11.4 Å². The molecule has 4 nitrogen and oxygen atoms in total. The van der Waals surface area contributed by atoms with Crippen LogP contribution in [-0.2, 0) is 4.79 Å². The summed E-state index contributed by atoms with van der Waals surface area (Å²) in [5.41, 5.74) is 1.09. The van der Waals surface area contributed by atoms with Gasteiger partial charge in [-0.3, -0.25) is 9.69 Å². The molecule has 106 valence electrons. The van der Waals surface area contributed by atoms with Gasteiger partial charge in [0.1, 0.15) is 6.04 Å². The molecule has 1 aliphatic rings. The van der Waals surface area contributed by atoms with Crippen LogP contribution in [0.1, 0.15) is 30.3 Å². The van der Waals surface area contributed by atoms with Crippen molar-refractivity contribution in [3.8, 4) is 0 Å². The van der Waals surface area contributed by atoms with E-state index in [1.165, 1.54) is 0 Å². The number of carboxylic acid groups (broad SMARTS) is 1. The summed E-state index contributed by atoms with van der Waals surface area (Å²) in [6.45, 7) is 10.0. The number of aliphatic carboxylic acids is 1. The maximum atomic E-state index is 11.7. The van der Waals surface area contributed by atoms with E-state index in [0.717, 1.165) is 36.6 Å². The van der Waals surface area contributed by atoms with Crippen LogP contribution < -0.4 is 0 Å². The van der Waals surface area contributed by atoms with E-state index in [2.05, 4.69) is 23.6 Å². The molecule has 1 aromatic heterocycles. The second-order valence-electron chi connectivity index (χ2n) is 5.19. The molecular formula is C14H22N2O2S. The third-order valence-electron chi connectivity index (χ3n) is 3.93. The fraction of sp³-hybridized carbons (Fsp3) is 0.643. The first-order chi connectivity index (χ1) is 9.04. The van der Waals surface area contributed by atoms with Gasteiger partial charge in [0, 0.05) is 30.6 Å². The lowest BCUT2D eigenvalue weighted by atomic mass is 10.1. The number of hydrogen-bond donors (Lipinski definition) is 1. The Balaban J connectivity index is 2.21. The minimum Gasteiger partial charge on any atom is -0.480 e. The molecule has 5 heteroatoms. The van der Waals surface area contributed by atoms with Gasteiger partial charge in [0.2, 0.25) is 0 Å². The molecule has 1 saturated heterocycles. The molecule has 0 saturated carbocycles. The third-order valence-corrected chi connectivity index (χ3v) is 5.00. The van der Waals surface area contributed by atoms with Crippen molar-refractivity contribution >= 4 is 17.3 Å². The van der Waals surface area contributed by atoms with Crippen LogP contribution in [0.5, 0.6) is 0 Å². The van der Waals surface area contributed by atoms with E-state index >= 15 is 0 Å². The van der Waals surface area contributed by atoms with Crippen LogP contribution in [0.3, 0.4) is 0 Å². The lowest BCUT2D eigenvalue weighted by Gasteiger charge is -2.42. The number of hydrogen-bond acceptors (Lipinski definition) is 4. The fourth-order valence-corrected chi connectivity index (χ4v) is 3.82. The highest BCUT2D eigenvalue weighted by atomic mass is 32.1. The molecule has 1 N–H and O–H groups in total. The third kappa shape index (κ3) is 2.99. The molecule has 0 radical (unpaired) electrons. The van der Waals surface area contributed by atoms with Gasteiger partial charge >= 0.3 is 5.97 Å². The van der Waals surface area contributed by atoms with Gasteiger partial charge in [-0.05, 0) is 37.4 Å². The number of rotatable bonds is 4. The van der Waals surface area contributed by atoms with Gasteiger partial charge in [-0.1, -0.05) is 6.92 Å². The van der Waals surface area contributed by atoms with Crippen molar-refractivity contribution in [2.75, 3.05) is 26.2 Å². The molecular weight excluding hydrogens is 260 g/mol. The Labute approximate surface area is 118 Å². The summed E-state index contributed by atoms with van der Waals surface area (Å²) in [7, 11) is 0. The number of nitrogens with zero attached hydrogens (tertiary/aromatic N) is 2. The standard InChI is InChI=1S/C14H22N2O2S/c1-4-15-6-7-16(11(3)9-15)12(14(17)18)13-10(2)5-8-19-13/h5,8,11-12H,4,6-7,9H2,1-3H3,(H,17,18). The van der Waals surface area contributed by atoms with Crippen molar-refractivity contribution in [2.45, 2.75) is 32.9 Å². The molecule has 1 aromatic rings. The Hall–Kier alpha value is -0.910. The van der Waals surface area contributed by atoms with Crippen molar-refractivity contribution in [1.29, 1.82) is 0 Å². The Morgan fingerprint density at radius 1 is 1.58 bits per heavy atom. The van der Waals surface area contributed by atoms with Gasteiger partial charge in [0.25, 0.3) is 0 Å². The highest BCUT2D eigenvalue weighted by Gasteiger charge is 2.35. The molecule has 2 rings (SSSR count). The van der Waals surface area contributed by atoms with Crippen LogP contribution >= 0.6 is 11.3 Å². The Bertz CT molecular complexity index is 446. The molecule has 2 heterocycles. The van der Waals surface area contributed by atoms with Crippen molar-refractivity contribution in [1.82, 2.24) is 9.80 Å². The summed E-state index contributed by atoms with van der Waals surface area (Å²) < 4.78 is 0. The first-order valence-electron chi connectivity index (χ1n) is 6.79. The highest BCUT2D eigenvalue weighted by Crippen LogP contribution is 2.31. The average Bonchev–Trinajstić information content (AvgIpc) is 2.77. The Kier molecular flexibility index (Phi) is 4.60. The van der Waals surface area contributed by atoms with Gasteiger partial charge < -0.3 is 10.0 Å². The number of likely N-dealkylation sites (N-methyl/N-ethyl adjacent to an activating group) is 1. The van der Waals surface area contributed by atoms with Gasteiger partial charge in [0.15, 0.2) is 0 Å². The maximum Gasteiger partial charge on any atom is 0.326 e.